The Morgan fingerprint density at radius 3 is 0.957 bits per heavy atom. The molecule has 24 N–H and O–H groups in total. The van der Waals surface area contributed by atoms with Gasteiger partial charge in [0, 0.05) is 61.5 Å². The van der Waals surface area contributed by atoms with Crippen LogP contribution >= 0.6 is 0 Å². The van der Waals surface area contributed by atoms with Crippen LogP contribution in [0.4, 0.5) is 0 Å². The highest BCUT2D eigenvalue weighted by Crippen LogP contribution is 2.31. The zero-order valence-electron chi connectivity index (χ0n) is 51.0. The van der Waals surface area contributed by atoms with Crippen LogP contribution in [0.1, 0.15) is 91.0 Å². The van der Waals surface area contributed by atoms with Crippen molar-refractivity contribution < 1.29 is 33.6 Å². The lowest BCUT2D eigenvalue weighted by Crippen LogP contribution is -2.61. The third-order valence-electron chi connectivity index (χ3n) is 15.7. The Hall–Kier alpha value is -11.0. The molecule has 7 amide bonds. The summed E-state index contributed by atoms with van der Waals surface area (Å²) in [5, 5.41) is 63.1. The van der Waals surface area contributed by atoms with Gasteiger partial charge in [-0.2, -0.15) is 0 Å². The molecular weight excluding hydrogens is 1170 g/mol. The zero-order chi connectivity index (χ0) is 65.9. The molecule has 1 aromatic heterocycles. The van der Waals surface area contributed by atoms with Crippen molar-refractivity contribution in [2.75, 3.05) is 26.2 Å². The second-order valence-corrected chi connectivity index (χ2v) is 22.4. The first-order valence-corrected chi connectivity index (χ1v) is 30.6. The average molecular weight is 1260 g/mol. The molecule has 1 saturated heterocycles. The number of carbonyl (C=O) groups is 7. The molecule has 0 saturated carbocycles. The van der Waals surface area contributed by atoms with Crippen molar-refractivity contribution in [2.24, 2.45) is 22.9 Å². The maximum absolute atomic E-state index is 16.0. The Bertz CT molecular complexity index is 3290. The van der Waals surface area contributed by atoms with E-state index in [1.165, 1.54) is 0 Å². The molecule has 486 valence electrons. The summed E-state index contributed by atoms with van der Waals surface area (Å²) in [5.41, 5.74) is 26.2. The maximum atomic E-state index is 16.0. The molecule has 0 bridgehead atoms. The number of aromatic nitrogens is 1. The van der Waals surface area contributed by atoms with Crippen molar-refractivity contribution in [3.05, 3.63) is 180 Å². The van der Waals surface area contributed by atoms with Gasteiger partial charge in [0.1, 0.15) is 42.3 Å². The lowest BCUT2D eigenvalue weighted by atomic mass is 9.83. The van der Waals surface area contributed by atoms with E-state index in [0.29, 0.717) is 27.8 Å². The zero-order valence-corrected chi connectivity index (χ0v) is 51.0. The minimum atomic E-state index is -1.56. The van der Waals surface area contributed by atoms with E-state index in [0.717, 1.165) is 10.9 Å². The largest absolute Gasteiger partial charge is 0.370 e. The van der Waals surface area contributed by atoms with Crippen molar-refractivity contribution in [2.45, 2.75) is 112 Å². The average Bonchev–Trinajstić information content (AvgIpc) is 0.954. The minimum Gasteiger partial charge on any atom is -0.370 e. The van der Waals surface area contributed by atoms with Gasteiger partial charge in [-0.25, -0.2) is 0 Å². The molecule has 0 aliphatic carbocycles. The van der Waals surface area contributed by atoms with E-state index in [4.69, 9.17) is 44.6 Å². The SMILES string of the molecule is N=C(N)NCCC[C@@H]1NC(=O)[C@H](CCCNC(=N)N)NC(=O)[C@H](CCCNC(=N)N)NC(=O)[C@H](C(c2ccccc2)c2ccccc2)NC(=O)[C@H](Cc2c[nH]c3ccccc23)NC(=O)[C@H](C(c2ccccc2)c2ccccc2)NC(=O)[C@H](CCCNC(=N)N)NC1=O. The van der Waals surface area contributed by atoms with E-state index < -0.39 is 95.5 Å². The topological polar surface area (TPSA) is 467 Å². The molecule has 27 nitrogen and oxygen atoms in total. The molecule has 0 unspecified atom stereocenters. The number of nitrogens with one attached hydrogen (secondary N) is 16. The number of amides is 7. The molecule has 7 rings (SSSR count). The lowest BCUT2D eigenvalue weighted by Gasteiger charge is -2.33. The van der Waals surface area contributed by atoms with Crippen molar-refractivity contribution >= 4 is 76.1 Å². The first-order valence-electron chi connectivity index (χ1n) is 30.6. The number of para-hydroxylation sites is 1. The number of carbonyl (C=O) groups excluding carboxylic acids is 7. The van der Waals surface area contributed by atoms with Crippen LogP contribution in [-0.2, 0) is 40.0 Å². The fourth-order valence-electron chi connectivity index (χ4n) is 11.2. The number of H-pyrrole nitrogens is 1. The number of guanidine groups is 4. The van der Waals surface area contributed by atoms with Gasteiger partial charge in [0.05, 0.1) is 0 Å². The fraction of sp³-hybridized carbons (Fsp3) is 0.338. The Labute approximate surface area is 533 Å². The van der Waals surface area contributed by atoms with Crippen LogP contribution in [-0.4, -0.2) is 139 Å². The first kappa shape index (κ1) is 68.5. The number of aromatic amines is 1. The molecule has 5 aromatic carbocycles. The number of rotatable bonds is 24. The second kappa shape index (κ2) is 34.7. The van der Waals surface area contributed by atoms with E-state index in [1.54, 1.807) is 128 Å². The number of fused-ring (bicyclic) bond motifs is 1. The molecule has 2 heterocycles. The quantitative estimate of drug-likeness (QED) is 0.0227. The summed E-state index contributed by atoms with van der Waals surface area (Å²) in [6.07, 6.45) is 1.68. The Morgan fingerprint density at radius 2 is 0.630 bits per heavy atom. The third kappa shape index (κ3) is 20.5. The van der Waals surface area contributed by atoms with E-state index in [9.17, 15) is 4.79 Å². The summed E-state index contributed by atoms with van der Waals surface area (Å²) in [4.78, 5) is 112. The molecule has 1 fully saturated rings. The molecule has 1 aliphatic rings. The smallest absolute Gasteiger partial charge is 0.244 e. The third-order valence-corrected chi connectivity index (χ3v) is 15.7. The highest BCUT2D eigenvalue weighted by atomic mass is 16.2. The van der Waals surface area contributed by atoms with Crippen molar-refractivity contribution in [3.63, 3.8) is 0 Å². The summed E-state index contributed by atoms with van der Waals surface area (Å²) >= 11 is 0. The van der Waals surface area contributed by atoms with Gasteiger partial charge in [0.15, 0.2) is 23.8 Å². The van der Waals surface area contributed by atoms with Crippen LogP contribution in [0.15, 0.2) is 152 Å². The summed E-state index contributed by atoms with van der Waals surface area (Å²) in [5.74, 6) is -9.24. The van der Waals surface area contributed by atoms with Crippen molar-refractivity contribution in [1.82, 2.24) is 63.5 Å². The number of benzene rings is 5. The predicted octanol–water partition coefficient (Wildman–Crippen LogP) is 0.835. The molecule has 1 aliphatic heterocycles. The normalized spacial score (nSPS) is 19.5. The Morgan fingerprint density at radius 1 is 0.359 bits per heavy atom. The van der Waals surface area contributed by atoms with Crippen LogP contribution in [0.2, 0.25) is 0 Å². The predicted molar refractivity (Wildman–Crippen MR) is 352 cm³/mol. The van der Waals surface area contributed by atoms with Gasteiger partial charge in [-0.3, -0.25) is 55.2 Å². The van der Waals surface area contributed by atoms with Crippen LogP contribution in [0.3, 0.4) is 0 Å². The minimum absolute atomic E-state index is 0.0819. The van der Waals surface area contributed by atoms with E-state index in [2.05, 4.69) is 63.5 Å². The highest BCUT2D eigenvalue weighted by molar-refractivity contribution is 6.00. The van der Waals surface area contributed by atoms with Crippen LogP contribution in [0.25, 0.3) is 10.9 Å². The number of hydrogen-bond donors (Lipinski definition) is 20. The van der Waals surface area contributed by atoms with Crippen molar-refractivity contribution in [1.29, 1.82) is 21.6 Å². The van der Waals surface area contributed by atoms with Gasteiger partial charge in [0.2, 0.25) is 41.4 Å². The first-order chi connectivity index (χ1) is 44.4. The Kier molecular flexibility index (Phi) is 25.8. The van der Waals surface area contributed by atoms with Gasteiger partial charge < -0.3 is 86.4 Å². The fourth-order valence-corrected chi connectivity index (χ4v) is 11.2. The van der Waals surface area contributed by atoms with E-state index in [1.807, 2.05) is 24.3 Å². The van der Waals surface area contributed by atoms with Crippen LogP contribution in [0.5, 0.6) is 0 Å². The van der Waals surface area contributed by atoms with Crippen LogP contribution < -0.4 is 81.4 Å². The van der Waals surface area contributed by atoms with E-state index >= 15 is 28.8 Å². The lowest BCUT2D eigenvalue weighted by molar-refractivity contribution is -0.135. The van der Waals surface area contributed by atoms with Gasteiger partial charge in [0.25, 0.3) is 0 Å². The molecule has 0 spiro atoms. The van der Waals surface area contributed by atoms with Gasteiger partial charge >= 0.3 is 0 Å². The monoisotopic (exact) mass is 1260 g/mol. The molecular formula is C65H84N20O7. The summed E-state index contributed by atoms with van der Waals surface area (Å²) in [6.45, 7) is 0.328. The van der Waals surface area contributed by atoms with Crippen LogP contribution in [0, 0.1) is 21.6 Å². The summed E-state index contributed by atoms with van der Waals surface area (Å²) in [6, 6.07) is 32.8. The van der Waals surface area contributed by atoms with Gasteiger partial charge in [-0.15, -0.1) is 0 Å². The molecule has 7 atom stereocenters. The molecule has 27 heteroatoms. The Balaban J connectivity index is 1.45. The number of hydrogen-bond acceptors (Lipinski definition) is 11. The van der Waals surface area contributed by atoms with Crippen molar-refractivity contribution in [3.8, 4) is 0 Å². The highest BCUT2D eigenvalue weighted by Gasteiger charge is 2.41. The molecule has 92 heavy (non-hydrogen) atoms. The maximum Gasteiger partial charge on any atom is 0.244 e. The second-order valence-electron chi connectivity index (χ2n) is 22.4. The molecule has 6 aromatic rings. The summed E-state index contributed by atoms with van der Waals surface area (Å²) < 4.78 is 0. The van der Waals surface area contributed by atoms with Gasteiger partial charge in [-0.1, -0.05) is 140 Å². The van der Waals surface area contributed by atoms with Gasteiger partial charge in [-0.05, 0) is 85.3 Å². The summed E-state index contributed by atoms with van der Waals surface area (Å²) in [7, 11) is 0. The number of nitrogens with two attached hydrogens (primary N) is 4. The standard InChI is InChI=1S/C65H84N20O7/c66-62(67)74-33-15-29-46-55(86)79-47(30-16-34-75-63(68)69)56(87)81-49(32-18-36-77-65(72)73)58(89)84-54(52(41-23-9-3-10-24-41)42-25-11-4-12-26-42)61(92)83-50(37-43-38-78-45-28-14-13-27-44(43)45)59(90)85-53(51(39-19-5-1-6-20-39)40-21-7-2-8-22-40)60(91)82-48(57(88)80-46)31-17-35-76-64(70)71/h1-14,19-28,38,46-54,78H,15-18,29-37H2,(H,79,86)(H,80,88)(H,81,87)(H,82,91)(H,83,92)(H,84,89)(H,85,90)(H4,66,67,74)(H4,68,69,75)(H4,70,71,76)(H4,72,73,77)/t46-,47-,48-,49-,50-,53-,54-/m0/s1. The van der Waals surface area contributed by atoms with E-state index in [-0.39, 0.29) is 108 Å². The molecule has 0 radical (unpaired) electrons.